The van der Waals surface area contributed by atoms with Gasteiger partial charge in [0.2, 0.25) is 5.91 Å². The summed E-state index contributed by atoms with van der Waals surface area (Å²) in [6.45, 7) is 4.29. The molecule has 0 spiro atoms. The van der Waals surface area contributed by atoms with Crippen LogP contribution in [0, 0.1) is 5.92 Å². The molecule has 1 aromatic carbocycles. The summed E-state index contributed by atoms with van der Waals surface area (Å²) in [6.07, 6.45) is 0.958. The van der Waals surface area contributed by atoms with Crippen molar-refractivity contribution < 1.29 is 19.2 Å². The van der Waals surface area contributed by atoms with Crippen LogP contribution in [-0.2, 0) is 9.59 Å². The third-order valence-corrected chi connectivity index (χ3v) is 7.93. The molecular formula is C26H31ClN4O4S. The number of halogens is 1. The quantitative estimate of drug-likeness (QED) is 0.593. The fourth-order valence-corrected chi connectivity index (χ4v) is 5.95. The van der Waals surface area contributed by atoms with Crippen molar-refractivity contribution in [2.45, 2.75) is 44.8 Å². The minimum absolute atomic E-state index is 0.0348. The highest BCUT2D eigenvalue weighted by Crippen LogP contribution is 2.33. The van der Waals surface area contributed by atoms with Gasteiger partial charge in [-0.25, -0.2) is 0 Å². The van der Waals surface area contributed by atoms with Gasteiger partial charge in [-0.05, 0) is 55.2 Å². The Hall–Kier alpha value is -2.91. The molecule has 2 fully saturated rings. The van der Waals surface area contributed by atoms with Gasteiger partial charge in [-0.1, -0.05) is 25.4 Å². The summed E-state index contributed by atoms with van der Waals surface area (Å²) >= 11 is 7.17. The number of hydrogen-bond acceptors (Lipinski definition) is 6. The summed E-state index contributed by atoms with van der Waals surface area (Å²) in [5, 5.41) is 2.90. The van der Waals surface area contributed by atoms with Crippen molar-refractivity contribution in [2.75, 3.05) is 32.1 Å². The van der Waals surface area contributed by atoms with Gasteiger partial charge in [0.25, 0.3) is 11.8 Å². The molecule has 4 rings (SSSR count). The number of nitrogens with one attached hydrogen (secondary N) is 1. The van der Waals surface area contributed by atoms with Crippen LogP contribution >= 0.6 is 22.9 Å². The van der Waals surface area contributed by atoms with Crippen LogP contribution in [0.4, 0.5) is 5.69 Å². The third kappa shape index (κ3) is 5.27. The fraction of sp³-hybridized carbons (Fsp3) is 0.462. The van der Waals surface area contributed by atoms with Gasteiger partial charge in [0.15, 0.2) is 5.78 Å². The predicted octanol–water partition coefficient (Wildman–Crippen LogP) is 3.31. The summed E-state index contributed by atoms with van der Waals surface area (Å²) in [4.78, 5) is 58.2. The van der Waals surface area contributed by atoms with Crippen LogP contribution in [0.3, 0.4) is 0 Å². The van der Waals surface area contributed by atoms with Crippen molar-refractivity contribution in [1.82, 2.24) is 15.1 Å². The van der Waals surface area contributed by atoms with Gasteiger partial charge in [0.1, 0.15) is 12.1 Å². The zero-order valence-corrected chi connectivity index (χ0v) is 22.4. The molecule has 0 radical (unpaired) electrons. The highest BCUT2D eigenvalue weighted by atomic mass is 35.5. The van der Waals surface area contributed by atoms with Gasteiger partial charge in [0, 0.05) is 31.9 Å². The lowest BCUT2D eigenvalue weighted by molar-refractivity contribution is -0.138. The van der Waals surface area contributed by atoms with Crippen LogP contribution in [0.5, 0.6) is 0 Å². The molecule has 36 heavy (non-hydrogen) atoms. The number of thiophene rings is 1. The van der Waals surface area contributed by atoms with E-state index in [9.17, 15) is 19.2 Å². The largest absolute Gasteiger partial charge is 0.378 e. The average Bonchev–Trinajstić information content (AvgIpc) is 3.54. The van der Waals surface area contributed by atoms with Crippen molar-refractivity contribution in [3.63, 3.8) is 0 Å². The Labute approximate surface area is 220 Å². The van der Waals surface area contributed by atoms with Gasteiger partial charge in [0.05, 0.1) is 21.8 Å². The zero-order valence-electron chi connectivity index (χ0n) is 20.9. The SMILES string of the molecule is CC(C)CC(NC(=O)c1ccc(N(C)C)cc1)C(=O)N1CCC2C1C(=O)CN2C(=O)c1ccc(Cl)s1. The minimum atomic E-state index is -0.765. The zero-order chi connectivity index (χ0) is 26.1. The highest BCUT2D eigenvalue weighted by molar-refractivity contribution is 7.18. The van der Waals surface area contributed by atoms with Crippen molar-refractivity contribution in [3.8, 4) is 0 Å². The van der Waals surface area contributed by atoms with E-state index in [2.05, 4.69) is 5.32 Å². The Morgan fingerprint density at radius 1 is 1.11 bits per heavy atom. The summed E-state index contributed by atoms with van der Waals surface area (Å²) in [5.74, 6) is -0.865. The number of fused-ring (bicyclic) bond motifs is 1. The highest BCUT2D eigenvalue weighted by Gasteiger charge is 2.52. The molecule has 3 atom stereocenters. The van der Waals surface area contributed by atoms with Crippen LogP contribution in [0.15, 0.2) is 36.4 Å². The molecule has 3 unspecified atom stereocenters. The van der Waals surface area contributed by atoms with Crippen LogP contribution in [0.2, 0.25) is 4.34 Å². The van der Waals surface area contributed by atoms with E-state index in [1.165, 1.54) is 11.3 Å². The van der Waals surface area contributed by atoms with Gasteiger partial charge in [-0.2, -0.15) is 0 Å². The second kappa shape index (κ2) is 10.6. The van der Waals surface area contributed by atoms with Crippen LogP contribution in [0.1, 0.15) is 46.7 Å². The molecule has 3 amide bonds. The second-order valence-electron chi connectivity index (χ2n) is 9.93. The fourth-order valence-electron chi connectivity index (χ4n) is 4.96. The van der Waals surface area contributed by atoms with Gasteiger partial charge in [-0.15, -0.1) is 11.3 Å². The van der Waals surface area contributed by atoms with E-state index in [0.717, 1.165) is 5.69 Å². The number of Topliss-reactive ketones (excluding diaryl/α,β-unsaturated/α-hetero) is 1. The van der Waals surface area contributed by atoms with Crippen LogP contribution in [-0.4, -0.2) is 78.6 Å². The van der Waals surface area contributed by atoms with Gasteiger partial charge >= 0.3 is 0 Å². The normalized spacial score (nSPS) is 20.0. The topological polar surface area (TPSA) is 90.0 Å². The Morgan fingerprint density at radius 2 is 1.81 bits per heavy atom. The van der Waals surface area contributed by atoms with Crippen molar-refractivity contribution in [1.29, 1.82) is 0 Å². The molecule has 2 aliphatic heterocycles. The molecule has 10 heteroatoms. The van der Waals surface area contributed by atoms with E-state index in [1.807, 2.05) is 45.0 Å². The van der Waals surface area contributed by atoms with Gasteiger partial charge in [-0.3, -0.25) is 19.2 Å². The van der Waals surface area contributed by atoms with E-state index in [1.54, 1.807) is 34.1 Å². The lowest BCUT2D eigenvalue weighted by Crippen LogP contribution is -2.53. The first-order chi connectivity index (χ1) is 17.1. The van der Waals surface area contributed by atoms with Crippen molar-refractivity contribution in [2.24, 2.45) is 5.92 Å². The number of amides is 3. The maximum atomic E-state index is 13.7. The number of nitrogens with zero attached hydrogens (tertiary/aromatic N) is 3. The second-order valence-corrected chi connectivity index (χ2v) is 11.6. The summed E-state index contributed by atoms with van der Waals surface area (Å²) < 4.78 is 0.507. The number of ketones is 1. The molecular weight excluding hydrogens is 500 g/mol. The first-order valence-electron chi connectivity index (χ1n) is 12.0. The molecule has 0 saturated carbocycles. The first-order valence-corrected chi connectivity index (χ1v) is 13.2. The lowest BCUT2D eigenvalue weighted by atomic mass is 10.0. The van der Waals surface area contributed by atoms with Crippen molar-refractivity contribution >= 4 is 52.1 Å². The Kier molecular flexibility index (Phi) is 7.70. The van der Waals surface area contributed by atoms with E-state index in [-0.39, 0.29) is 42.0 Å². The average molecular weight is 531 g/mol. The molecule has 3 heterocycles. The third-order valence-electron chi connectivity index (χ3n) is 6.71. The smallest absolute Gasteiger partial charge is 0.264 e. The molecule has 2 aliphatic rings. The standard InChI is InChI=1S/C26H31ClN4O4S/c1-15(2)13-18(28-24(33)16-5-7-17(8-6-16)29(3)4)25(34)30-12-11-19-23(30)20(32)14-31(19)26(35)21-9-10-22(27)36-21/h5-10,15,18-19,23H,11-14H2,1-4H3,(H,28,33). The molecule has 1 N–H and O–H groups in total. The number of likely N-dealkylation sites (tertiary alicyclic amines) is 2. The molecule has 0 aliphatic carbocycles. The van der Waals surface area contributed by atoms with E-state index in [0.29, 0.717) is 34.2 Å². The summed E-state index contributed by atoms with van der Waals surface area (Å²) in [5.41, 5.74) is 1.43. The number of rotatable bonds is 7. The van der Waals surface area contributed by atoms with E-state index in [4.69, 9.17) is 11.6 Å². The lowest BCUT2D eigenvalue weighted by Gasteiger charge is -2.29. The maximum absolute atomic E-state index is 13.7. The van der Waals surface area contributed by atoms with E-state index >= 15 is 0 Å². The predicted molar refractivity (Wildman–Crippen MR) is 141 cm³/mol. The first kappa shape index (κ1) is 26.2. The summed E-state index contributed by atoms with van der Waals surface area (Å²) in [7, 11) is 3.84. The molecule has 192 valence electrons. The molecule has 1 aromatic heterocycles. The maximum Gasteiger partial charge on any atom is 0.264 e. The Bertz CT molecular complexity index is 1160. The van der Waals surface area contributed by atoms with Gasteiger partial charge < -0.3 is 20.0 Å². The summed E-state index contributed by atoms with van der Waals surface area (Å²) in [6, 6.07) is 8.65. The van der Waals surface area contributed by atoms with Crippen LogP contribution < -0.4 is 10.2 Å². The number of hydrogen-bond donors (Lipinski definition) is 1. The Morgan fingerprint density at radius 3 is 2.39 bits per heavy atom. The molecule has 2 aromatic rings. The number of carbonyl (C=O) groups is 4. The van der Waals surface area contributed by atoms with Crippen molar-refractivity contribution in [3.05, 3.63) is 51.2 Å². The molecule has 0 bridgehead atoms. The Balaban J connectivity index is 1.49. The molecule has 2 saturated heterocycles. The monoisotopic (exact) mass is 530 g/mol. The number of benzene rings is 1. The number of carbonyl (C=O) groups excluding carboxylic acids is 4. The minimum Gasteiger partial charge on any atom is -0.378 e. The molecule has 8 nitrogen and oxygen atoms in total. The number of anilines is 1. The van der Waals surface area contributed by atoms with Crippen LogP contribution in [0.25, 0.3) is 0 Å². The van der Waals surface area contributed by atoms with E-state index < -0.39 is 12.1 Å².